The molecule has 0 heterocycles. The molecule has 0 radical (unpaired) electrons. The molecule has 1 aromatic carbocycles. The molecule has 90 valence electrons. The van der Waals surface area contributed by atoms with E-state index in [0.717, 1.165) is 18.7 Å². The van der Waals surface area contributed by atoms with Gasteiger partial charge >= 0.3 is 0 Å². The van der Waals surface area contributed by atoms with Crippen LogP contribution in [0.15, 0.2) is 29.2 Å². The summed E-state index contributed by atoms with van der Waals surface area (Å²) < 4.78 is 0. The van der Waals surface area contributed by atoms with Crippen LogP contribution in [0.1, 0.15) is 24.8 Å². The van der Waals surface area contributed by atoms with Crippen LogP contribution in [-0.2, 0) is 6.54 Å². The first-order chi connectivity index (χ1) is 8.28. The fourth-order valence-corrected chi connectivity index (χ4v) is 3.05. The van der Waals surface area contributed by atoms with E-state index < -0.39 is 0 Å². The summed E-state index contributed by atoms with van der Waals surface area (Å²) in [5, 5.41) is 11.9. The molecule has 0 atom stereocenters. The first kappa shape index (κ1) is 12.5. The Morgan fingerprint density at radius 1 is 1.35 bits per heavy atom. The standard InChI is InChI=1S/C14H18N2S/c1-16-10-12-2-4-13(5-3-12)17-11-14(6-7-14)8-9-15/h2-5,16H,6-8,10-11H2,1H3. The molecule has 0 unspecified atom stereocenters. The second kappa shape index (κ2) is 5.57. The minimum Gasteiger partial charge on any atom is -0.316 e. The summed E-state index contributed by atoms with van der Waals surface area (Å²) in [5.74, 6) is 1.09. The fraction of sp³-hybridized carbons (Fsp3) is 0.500. The van der Waals surface area contributed by atoms with Gasteiger partial charge in [-0.25, -0.2) is 0 Å². The molecule has 1 aliphatic rings. The SMILES string of the molecule is CNCc1ccc(SCC2(CC#N)CC2)cc1. The second-order valence-electron chi connectivity index (χ2n) is 4.80. The average Bonchev–Trinajstić information content (AvgIpc) is 3.10. The number of thioether (sulfide) groups is 1. The number of rotatable bonds is 6. The van der Waals surface area contributed by atoms with Gasteiger partial charge in [0.25, 0.3) is 0 Å². The summed E-state index contributed by atoms with van der Waals surface area (Å²) in [6.07, 6.45) is 3.18. The number of nitriles is 1. The van der Waals surface area contributed by atoms with E-state index in [1.54, 1.807) is 0 Å². The van der Waals surface area contributed by atoms with Crippen LogP contribution in [0.4, 0.5) is 0 Å². The van der Waals surface area contributed by atoms with Crippen LogP contribution in [0.3, 0.4) is 0 Å². The lowest BCUT2D eigenvalue weighted by Crippen LogP contribution is -2.04. The molecular weight excluding hydrogens is 228 g/mol. The van der Waals surface area contributed by atoms with Gasteiger partial charge in [-0.2, -0.15) is 5.26 Å². The Hall–Kier alpha value is -0.980. The Morgan fingerprint density at radius 2 is 2.06 bits per heavy atom. The van der Waals surface area contributed by atoms with Crippen molar-refractivity contribution < 1.29 is 0 Å². The molecule has 1 aromatic rings. The highest BCUT2D eigenvalue weighted by Crippen LogP contribution is 2.51. The monoisotopic (exact) mass is 246 g/mol. The number of hydrogen-bond acceptors (Lipinski definition) is 3. The van der Waals surface area contributed by atoms with Gasteiger partial charge in [-0.1, -0.05) is 12.1 Å². The summed E-state index contributed by atoms with van der Waals surface area (Å²) >= 11 is 1.89. The summed E-state index contributed by atoms with van der Waals surface area (Å²) in [6, 6.07) is 11.0. The van der Waals surface area contributed by atoms with E-state index in [4.69, 9.17) is 5.26 Å². The molecule has 1 saturated carbocycles. The van der Waals surface area contributed by atoms with Crippen molar-refractivity contribution in [1.29, 1.82) is 5.26 Å². The van der Waals surface area contributed by atoms with Gasteiger partial charge in [-0.05, 0) is 43.0 Å². The third-order valence-corrected chi connectivity index (χ3v) is 4.62. The predicted molar refractivity (Wildman–Crippen MR) is 71.8 cm³/mol. The van der Waals surface area contributed by atoms with E-state index >= 15 is 0 Å². The van der Waals surface area contributed by atoms with Crippen molar-refractivity contribution in [2.24, 2.45) is 5.41 Å². The lowest BCUT2D eigenvalue weighted by atomic mass is 10.1. The number of nitrogens with one attached hydrogen (secondary N) is 1. The van der Waals surface area contributed by atoms with Crippen molar-refractivity contribution in [3.05, 3.63) is 29.8 Å². The normalized spacial score (nSPS) is 16.5. The molecule has 17 heavy (non-hydrogen) atoms. The lowest BCUT2D eigenvalue weighted by molar-refractivity contribution is 0.604. The van der Waals surface area contributed by atoms with Gasteiger partial charge in [0.05, 0.1) is 6.07 Å². The maximum absolute atomic E-state index is 8.77. The third kappa shape index (κ3) is 3.49. The van der Waals surface area contributed by atoms with Gasteiger partial charge in [0.2, 0.25) is 0 Å². The summed E-state index contributed by atoms with van der Waals surface area (Å²) in [7, 11) is 1.96. The molecule has 0 aromatic heterocycles. The van der Waals surface area contributed by atoms with E-state index in [1.807, 2.05) is 18.8 Å². The zero-order valence-electron chi connectivity index (χ0n) is 10.2. The van der Waals surface area contributed by atoms with E-state index in [1.165, 1.54) is 23.3 Å². The predicted octanol–water partition coefficient (Wildman–Crippen LogP) is 3.19. The first-order valence-corrected chi connectivity index (χ1v) is 7.00. The van der Waals surface area contributed by atoms with Crippen LogP contribution < -0.4 is 5.32 Å². The molecule has 0 saturated heterocycles. The number of nitrogens with zero attached hydrogens (tertiary/aromatic N) is 1. The lowest BCUT2D eigenvalue weighted by Gasteiger charge is -2.10. The van der Waals surface area contributed by atoms with Crippen LogP contribution >= 0.6 is 11.8 Å². The highest BCUT2D eigenvalue weighted by molar-refractivity contribution is 7.99. The van der Waals surface area contributed by atoms with Gasteiger partial charge in [-0.15, -0.1) is 11.8 Å². The molecule has 0 bridgehead atoms. The van der Waals surface area contributed by atoms with Crippen LogP contribution in [-0.4, -0.2) is 12.8 Å². The van der Waals surface area contributed by atoms with Crippen LogP contribution in [0.5, 0.6) is 0 Å². The molecule has 1 aliphatic carbocycles. The Morgan fingerprint density at radius 3 is 2.59 bits per heavy atom. The Bertz CT molecular complexity index is 401. The van der Waals surface area contributed by atoms with E-state index in [9.17, 15) is 0 Å². The van der Waals surface area contributed by atoms with Crippen molar-refractivity contribution >= 4 is 11.8 Å². The third-order valence-electron chi connectivity index (χ3n) is 3.26. The smallest absolute Gasteiger partial charge is 0.0627 e. The van der Waals surface area contributed by atoms with Gasteiger partial charge in [0.15, 0.2) is 0 Å². The van der Waals surface area contributed by atoms with E-state index in [0.29, 0.717) is 5.41 Å². The first-order valence-electron chi connectivity index (χ1n) is 6.01. The van der Waals surface area contributed by atoms with Gasteiger partial charge in [-0.3, -0.25) is 0 Å². The highest BCUT2D eigenvalue weighted by atomic mass is 32.2. The largest absolute Gasteiger partial charge is 0.316 e. The number of hydrogen-bond donors (Lipinski definition) is 1. The second-order valence-corrected chi connectivity index (χ2v) is 5.85. The van der Waals surface area contributed by atoms with Crippen molar-refractivity contribution in [2.45, 2.75) is 30.7 Å². The summed E-state index contributed by atoms with van der Waals surface area (Å²) in [4.78, 5) is 1.31. The molecule has 0 spiro atoms. The summed E-state index contributed by atoms with van der Waals surface area (Å²) in [6.45, 7) is 0.920. The van der Waals surface area contributed by atoms with Crippen molar-refractivity contribution in [2.75, 3.05) is 12.8 Å². The maximum Gasteiger partial charge on any atom is 0.0627 e. The van der Waals surface area contributed by atoms with E-state index in [2.05, 4.69) is 35.7 Å². The molecule has 0 aliphatic heterocycles. The summed E-state index contributed by atoms with van der Waals surface area (Å²) in [5.41, 5.74) is 1.65. The fourth-order valence-electron chi connectivity index (χ4n) is 1.86. The molecule has 1 fully saturated rings. The zero-order valence-corrected chi connectivity index (χ0v) is 11.0. The molecule has 2 nitrogen and oxygen atoms in total. The minimum atomic E-state index is 0.336. The zero-order chi connectivity index (χ0) is 12.1. The molecule has 1 N–H and O–H groups in total. The quantitative estimate of drug-likeness (QED) is 0.783. The molecule has 0 amide bonds. The molecule has 2 rings (SSSR count). The topological polar surface area (TPSA) is 35.8 Å². The molecule has 3 heteroatoms. The van der Waals surface area contributed by atoms with Gasteiger partial charge < -0.3 is 5.32 Å². The van der Waals surface area contributed by atoms with E-state index in [-0.39, 0.29) is 0 Å². The number of benzene rings is 1. The van der Waals surface area contributed by atoms with Crippen LogP contribution in [0.25, 0.3) is 0 Å². The van der Waals surface area contributed by atoms with Crippen LogP contribution in [0, 0.1) is 16.7 Å². The van der Waals surface area contributed by atoms with Crippen molar-refractivity contribution in [1.82, 2.24) is 5.32 Å². The minimum absolute atomic E-state index is 0.336. The van der Waals surface area contributed by atoms with Gasteiger partial charge in [0, 0.05) is 23.6 Å². The average molecular weight is 246 g/mol. The molecular formula is C14H18N2S. The maximum atomic E-state index is 8.77. The Kier molecular flexibility index (Phi) is 4.09. The van der Waals surface area contributed by atoms with Gasteiger partial charge in [0.1, 0.15) is 0 Å². The highest BCUT2D eigenvalue weighted by Gasteiger charge is 2.42. The van der Waals surface area contributed by atoms with Crippen molar-refractivity contribution in [3.63, 3.8) is 0 Å². The van der Waals surface area contributed by atoms with Crippen LogP contribution in [0.2, 0.25) is 0 Å². The Labute approximate surface area is 107 Å². The Balaban J connectivity index is 1.85. The van der Waals surface area contributed by atoms with Crippen molar-refractivity contribution in [3.8, 4) is 6.07 Å².